The largest absolute Gasteiger partial charge is 0.381 e. The molecule has 4 fully saturated rings. The molecule has 0 bridgehead atoms. The summed E-state index contributed by atoms with van der Waals surface area (Å²) < 4.78 is 115. The Bertz CT molecular complexity index is 5480. The Morgan fingerprint density at radius 1 is 0.382 bits per heavy atom. The molecule has 15 heterocycles. The summed E-state index contributed by atoms with van der Waals surface area (Å²) in [5, 5.41) is 0.255. The van der Waals surface area contributed by atoms with Crippen LogP contribution in [0.1, 0.15) is 86.5 Å². The Kier molecular flexibility index (Phi) is 23.3. The van der Waals surface area contributed by atoms with Crippen molar-refractivity contribution in [1.29, 1.82) is 0 Å². The zero-order chi connectivity index (χ0) is 77.9. The highest BCUT2D eigenvalue weighted by atomic mass is 32.2. The molecule has 1 aliphatic carbocycles. The van der Waals surface area contributed by atoms with Crippen molar-refractivity contribution >= 4 is 58.5 Å². The predicted molar refractivity (Wildman–Crippen MR) is 420 cm³/mol. The Labute approximate surface area is 637 Å². The number of pyridine rings is 8. The van der Waals surface area contributed by atoms with Crippen LogP contribution in [0.25, 0.3) is 67.1 Å². The highest BCUT2D eigenvalue weighted by Crippen LogP contribution is 2.31. The average Bonchev–Trinajstić information content (AvgIpc) is 1.60. The van der Waals surface area contributed by atoms with E-state index in [0.29, 0.717) is 86.1 Å². The molecule has 0 radical (unpaired) electrons. The zero-order valence-electron chi connectivity index (χ0n) is 63.0. The number of imidazole rings is 4. The third-order valence-corrected chi connectivity index (χ3v) is 24.9. The van der Waals surface area contributed by atoms with Gasteiger partial charge < -0.3 is 37.4 Å². The molecule has 3 N–H and O–H groups in total. The molecule has 12 aromatic heterocycles. The van der Waals surface area contributed by atoms with Crippen LogP contribution < -0.4 is 41.3 Å². The van der Waals surface area contributed by atoms with Crippen LogP contribution in [-0.4, -0.2) is 152 Å². The molecule has 3 saturated heterocycles. The smallest absolute Gasteiger partial charge is 0.258 e. The molecule has 16 rings (SSSR count). The van der Waals surface area contributed by atoms with E-state index in [-0.39, 0.29) is 55.4 Å². The zero-order valence-corrected chi connectivity index (χ0v) is 65.5. The molecular weight excluding hydrogens is 1470 g/mol. The summed E-state index contributed by atoms with van der Waals surface area (Å²) in [4.78, 5) is 67.4. The van der Waals surface area contributed by atoms with Crippen molar-refractivity contribution in [1.82, 2.24) is 70.0 Å². The van der Waals surface area contributed by atoms with E-state index in [4.69, 9.17) is 14.2 Å². The molecule has 2 unspecified atom stereocenters. The van der Waals surface area contributed by atoms with Crippen molar-refractivity contribution in [3.8, 4) is 44.5 Å². The van der Waals surface area contributed by atoms with Gasteiger partial charge in [-0.2, -0.15) is 0 Å². The van der Waals surface area contributed by atoms with Crippen LogP contribution >= 0.6 is 0 Å². The summed E-state index contributed by atoms with van der Waals surface area (Å²) >= 11 is 0. The van der Waals surface area contributed by atoms with Crippen molar-refractivity contribution in [2.24, 2.45) is 34.1 Å². The van der Waals surface area contributed by atoms with E-state index in [0.717, 1.165) is 99.7 Å². The Morgan fingerprint density at radius 3 is 1.03 bits per heavy atom. The SMILES string of the molecule is Cc1cc(-c2ccc3ncc(N(C)CC4CCCC4)n3c2)cn(C)c1=O.Cc1cc(-c2ccc3ncc(S(=O)(=O)NC4CCCOC4)n3c2)cn(C)c1=O.Cc1cc(-c2ccc3ncc(S(=O)(=O)NC4CCCOC4)n3c2)cn(C)c1=O.Cc1cc(-c2ccc3ncc(S(=O)(=O)NC4CCOCC4)n3c2)cn(C)c1=O. The van der Waals surface area contributed by atoms with Gasteiger partial charge in [-0.25, -0.2) is 59.4 Å². The summed E-state index contributed by atoms with van der Waals surface area (Å²) in [5.41, 5.74) is 12.1. The minimum absolute atomic E-state index is 0.0504. The molecule has 2 atom stereocenters. The fraction of sp³-hybridized carbons (Fsp3) is 0.385. The molecule has 32 heteroatoms. The third-order valence-electron chi connectivity index (χ3n) is 20.4. The number of hydrogen-bond acceptors (Lipinski definition) is 18. The van der Waals surface area contributed by atoms with Gasteiger partial charge >= 0.3 is 0 Å². The molecule has 12 aromatic rings. The number of anilines is 1. The van der Waals surface area contributed by atoms with Gasteiger partial charge in [0.2, 0.25) is 0 Å². The summed E-state index contributed by atoms with van der Waals surface area (Å²) in [6.45, 7) is 11.4. The fourth-order valence-corrected chi connectivity index (χ4v) is 18.6. The lowest BCUT2D eigenvalue weighted by Gasteiger charge is -2.22. The number of ether oxygens (including phenoxy) is 3. The monoisotopic (exact) mass is 1560 g/mol. The summed E-state index contributed by atoms with van der Waals surface area (Å²) in [6.07, 6.45) is 30.3. The summed E-state index contributed by atoms with van der Waals surface area (Å²) in [7, 11) is -2.18. The Hall–Kier alpha value is -10.0. The molecule has 0 spiro atoms. The van der Waals surface area contributed by atoms with Crippen molar-refractivity contribution in [3.05, 3.63) is 211 Å². The predicted octanol–water partition coefficient (Wildman–Crippen LogP) is 8.03. The maximum Gasteiger partial charge on any atom is 0.258 e. The van der Waals surface area contributed by atoms with Crippen LogP contribution in [0.15, 0.2) is 181 Å². The van der Waals surface area contributed by atoms with Crippen molar-refractivity contribution < 1.29 is 39.5 Å². The van der Waals surface area contributed by atoms with Crippen LogP contribution in [0.5, 0.6) is 0 Å². The lowest BCUT2D eigenvalue weighted by Crippen LogP contribution is -2.40. The normalized spacial score (nSPS) is 16.7. The van der Waals surface area contributed by atoms with Gasteiger partial charge in [0.1, 0.15) is 28.4 Å². The second kappa shape index (κ2) is 32.9. The molecule has 0 aromatic carbocycles. The number of aromatic nitrogens is 12. The van der Waals surface area contributed by atoms with Gasteiger partial charge in [0.25, 0.3) is 52.3 Å². The van der Waals surface area contributed by atoms with Crippen molar-refractivity contribution in [2.45, 2.75) is 125 Å². The first-order valence-electron chi connectivity index (χ1n) is 36.7. The molecule has 29 nitrogen and oxygen atoms in total. The second-order valence-electron chi connectivity index (χ2n) is 28.9. The summed E-state index contributed by atoms with van der Waals surface area (Å²) in [5.74, 6) is 1.91. The van der Waals surface area contributed by atoms with Gasteiger partial charge in [-0.05, 0) is 197 Å². The topological polar surface area (TPSA) is 327 Å². The fourth-order valence-electron chi connectivity index (χ4n) is 14.5. The van der Waals surface area contributed by atoms with E-state index in [1.165, 1.54) is 58.0 Å². The lowest BCUT2D eigenvalue weighted by atomic mass is 10.1. The first-order valence-corrected chi connectivity index (χ1v) is 41.1. The van der Waals surface area contributed by atoms with Crippen LogP contribution in [-0.2, 0) is 72.5 Å². The first kappa shape index (κ1) is 78.1. The molecule has 3 aliphatic heterocycles. The molecule has 110 heavy (non-hydrogen) atoms. The van der Waals surface area contributed by atoms with Crippen LogP contribution in [0.2, 0.25) is 0 Å². The van der Waals surface area contributed by atoms with Crippen LogP contribution in [0.3, 0.4) is 0 Å². The number of nitrogens with one attached hydrogen (secondary N) is 3. The quantitative estimate of drug-likeness (QED) is 0.0824. The highest BCUT2D eigenvalue weighted by molar-refractivity contribution is 7.90. The van der Waals surface area contributed by atoms with Gasteiger partial charge in [-0.1, -0.05) is 12.8 Å². The van der Waals surface area contributed by atoms with E-state index in [1.54, 1.807) is 140 Å². The molecule has 1 saturated carbocycles. The molecule has 580 valence electrons. The van der Waals surface area contributed by atoms with E-state index >= 15 is 0 Å². The number of hydrogen-bond donors (Lipinski definition) is 3. The van der Waals surface area contributed by atoms with Crippen molar-refractivity contribution in [3.63, 3.8) is 0 Å². The van der Waals surface area contributed by atoms with Crippen LogP contribution in [0.4, 0.5) is 5.82 Å². The minimum atomic E-state index is -3.75. The van der Waals surface area contributed by atoms with Gasteiger partial charge in [0.15, 0.2) is 15.1 Å². The van der Waals surface area contributed by atoms with Gasteiger partial charge in [-0.15, -0.1) is 0 Å². The number of fused-ring (bicyclic) bond motifs is 4. The number of nitrogens with zero attached hydrogens (tertiary/aromatic N) is 13. The first-order chi connectivity index (χ1) is 52.6. The summed E-state index contributed by atoms with van der Waals surface area (Å²) in [6, 6.07) is 21.7. The van der Waals surface area contributed by atoms with E-state index in [9.17, 15) is 44.4 Å². The Morgan fingerprint density at radius 2 is 0.700 bits per heavy atom. The standard InChI is InChI=1S/C21H26N4O.3C19H22N4O4S/c1-15-10-18(13-24(3)21(15)26)17-8-9-19-22-11-20(25(19)14-17)23(2)12-16-6-4-5-7-16;1-13-9-15(11-22(2)19(13)24)14-3-4-17-20-10-18(23(17)12-14)28(25,26)21-16-5-7-27-8-6-16;2*1-13-8-15(10-22(2)19(13)24)14-5-6-17-20-9-18(23(17)11-14)28(25,26)21-16-4-3-7-27-12-16/h8-11,13-14,16H,4-7,12H2,1-3H3;3-4,9-12,16,21H,5-8H2,1-2H3;2*5-6,8-11,16,21H,3-4,7,12H2,1-2H3. The highest BCUT2D eigenvalue weighted by Gasteiger charge is 2.30. The minimum Gasteiger partial charge on any atom is -0.381 e. The number of rotatable bonds is 16. The van der Waals surface area contributed by atoms with Gasteiger partial charge in [-0.3, -0.25) is 36.8 Å². The number of aryl methyl sites for hydroxylation is 8. The molecule has 0 amide bonds. The van der Waals surface area contributed by atoms with Gasteiger partial charge in [0.05, 0.1) is 38.0 Å². The Balaban J connectivity index is 0.000000129. The second-order valence-corrected chi connectivity index (χ2v) is 33.9. The van der Waals surface area contributed by atoms with E-state index in [2.05, 4.69) is 62.7 Å². The maximum atomic E-state index is 12.9. The lowest BCUT2D eigenvalue weighted by molar-refractivity contribution is 0.0774. The molecule has 4 aliphatic rings. The molecular formula is C78H92N16O13S3. The average molecular weight is 1560 g/mol. The van der Waals surface area contributed by atoms with E-state index in [1.807, 2.05) is 49.6 Å². The van der Waals surface area contributed by atoms with Crippen LogP contribution in [0, 0.1) is 33.6 Å². The van der Waals surface area contributed by atoms with Crippen molar-refractivity contribution in [2.75, 3.05) is 58.1 Å². The third kappa shape index (κ3) is 17.4. The van der Waals surface area contributed by atoms with Gasteiger partial charge in [0, 0.05) is 164 Å². The van der Waals surface area contributed by atoms with E-state index < -0.39 is 30.1 Å². The maximum absolute atomic E-state index is 12.9. The number of sulfonamides is 3.